The summed E-state index contributed by atoms with van der Waals surface area (Å²) in [5, 5.41) is 19.2. The summed E-state index contributed by atoms with van der Waals surface area (Å²) in [5.41, 5.74) is -0.540. The van der Waals surface area contributed by atoms with Crippen LogP contribution in [-0.2, 0) is 20.4 Å². The van der Waals surface area contributed by atoms with E-state index in [4.69, 9.17) is 16.7 Å². The number of aliphatic carboxylic acids is 1. The van der Waals surface area contributed by atoms with Crippen LogP contribution in [0.15, 0.2) is 18.2 Å². The molecular formula is C9H8ClNO6S. The van der Waals surface area contributed by atoms with E-state index in [1.165, 1.54) is 12.1 Å². The fraction of sp³-hybridized carbons (Fsp3) is 0.222. The van der Waals surface area contributed by atoms with E-state index in [9.17, 15) is 23.3 Å². The van der Waals surface area contributed by atoms with Gasteiger partial charge in [0.15, 0.2) is 9.84 Å². The Bertz CT molecular complexity index is 597. The molecule has 0 aliphatic carbocycles. The quantitative estimate of drug-likeness (QED) is 0.645. The molecule has 0 heterocycles. The smallest absolute Gasteiger partial charge is 0.318 e. The maximum absolute atomic E-state index is 11.4. The number of sulfone groups is 1. The summed E-state index contributed by atoms with van der Waals surface area (Å²) in [4.78, 5) is 20.3. The van der Waals surface area contributed by atoms with Crippen LogP contribution in [0.3, 0.4) is 0 Å². The number of nitro benzene ring substituents is 1. The Kier molecular flexibility index (Phi) is 4.25. The Morgan fingerprint density at radius 2 is 2.06 bits per heavy atom. The summed E-state index contributed by atoms with van der Waals surface area (Å²) < 4.78 is 22.9. The summed E-state index contributed by atoms with van der Waals surface area (Å²) in [6, 6.07) is 3.52. The van der Waals surface area contributed by atoms with E-state index in [1.54, 1.807) is 0 Å². The standard InChI is InChI=1S/C9H8ClNO6S/c10-7-2-1-6(8(3-7)11(14)15)4-18(16,17)5-9(12)13/h1-3H,4-5H2,(H,12,13). The van der Waals surface area contributed by atoms with Crippen molar-refractivity contribution in [2.75, 3.05) is 5.75 Å². The van der Waals surface area contributed by atoms with Crippen LogP contribution in [0.5, 0.6) is 0 Å². The maximum Gasteiger partial charge on any atom is 0.318 e. The maximum atomic E-state index is 11.4. The highest BCUT2D eigenvalue weighted by molar-refractivity contribution is 7.91. The fourth-order valence-corrected chi connectivity index (χ4v) is 2.67. The van der Waals surface area contributed by atoms with Crippen LogP contribution in [0.1, 0.15) is 5.56 Å². The molecule has 1 aromatic carbocycles. The zero-order chi connectivity index (χ0) is 13.9. The van der Waals surface area contributed by atoms with Crippen LogP contribution in [-0.4, -0.2) is 30.2 Å². The average molecular weight is 294 g/mol. The molecule has 98 valence electrons. The third-order valence-corrected chi connectivity index (χ3v) is 3.64. The van der Waals surface area contributed by atoms with Crippen LogP contribution in [0.4, 0.5) is 5.69 Å². The first-order valence-electron chi connectivity index (χ1n) is 4.56. The van der Waals surface area contributed by atoms with E-state index in [-0.39, 0.29) is 10.6 Å². The number of hydrogen-bond donors (Lipinski definition) is 1. The van der Waals surface area contributed by atoms with Gasteiger partial charge in [-0.3, -0.25) is 14.9 Å². The van der Waals surface area contributed by atoms with Crippen molar-refractivity contribution in [1.29, 1.82) is 0 Å². The van der Waals surface area contributed by atoms with Crippen molar-refractivity contribution >= 4 is 33.1 Å². The summed E-state index contributed by atoms with van der Waals surface area (Å²) >= 11 is 5.57. The highest BCUT2D eigenvalue weighted by atomic mass is 35.5. The molecule has 7 nitrogen and oxygen atoms in total. The molecule has 0 amide bonds. The number of nitrogens with zero attached hydrogens (tertiary/aromatic N) is 1. The van der Waals surface area contributed by atoms with Crippen LogP contribution in [0, 0.1) is 10.1 Å². The second-order valence-electron chi connectivity index (χ2n) is 3.46. The lowest BCUT2D eigenvalue weighted by Crippen LogP contribution is -2.17. The van der Waals surface area contributed by atoms with E-state index in [2.05, 4.69) is 0 Å². The number of carbonyl (C=O) groups is 1. The predicted octanol–water partition coefficient (Wildman–Crippen LogP) is 1.25. The fourth-order valence-electron chi connectivity index (χ4n) is 1.31. The van der Waals surface area contributed by atoms with Crippen molar-refractivity contribution in [3.8, 4) is 0 Å². The van der Waals surface area contributed by atoms with Gasteiger partial charge >= 0.3 is 5.97 Å². The second-order valence-corrected chi connectivity index (χ2v) is 5.96. The number of hydrogen-bond acceptors (Lipinski definition) is 5. The van der Waals surface area contributed by atoms with E-state index >= 15 is 0 Å². The summed E-state index contributed by atoms with van der Waals surface area (Å²) in [7, 11) is -3.95. The molecule has 0 unspecified atom stereocenters. The van der Waals surface area contributed by atoms with E-state index in [0.29, 0.717) is 0 Å². The molecule has 0 saturated heterocycles. The Hall–Kier alpha value is -1.67. The molecule has 0 radical (unpaired) electrons. The Labute approximate surface area is 107 Å². The molecular weight excluding hydrogens is 286 g/mol. The summed E-state index contributed by atoms with van der Waals surface area (Å²) in [5.74, 6) is -3.30. The predicted molar refractivity (Wildman–Crippen MR) is 63.2 cm³/mol. The van der Waals surface area contributed by atoms with Crippen LogP contribution in [0.2, 0.25) is 5.02 Å². The van der Waals surface area contributed by atoms with Gasteiger partial charge in [-0.25, -0.2) is 8.42 Å². The molecule has 0 atom stereocenters. The Morgan fingerprint density at radius 1 is 1.44 bits per heavy atom. The molecule has 9 heteroatoms. The van der Waals surface area contributed by atoms with E-state index < -0.39 is 37.9 Å². The Balaban J connectivity index is 3.12. The van der Waals surface area contributed by atoms with Crippen LogP contribution in [0.25, 0.3) is 0 Å². The van der Waals surface area contributed by atoms with Gasteiger partial charge in [-0.15, -0.1) is 0 Å². The van der Waals surface area contributed by atoms with Gasteiger partial charge in [-0.1, -0.05) is 11.6 Å². The minimum absolute atomic E-state index is 0.0920. The van der Waals surface area contributed by atoms with Gasteiger partial charge in [0.1, 0.15) is 5.75 Å². The van der Waals surface area contributed by atoms with Crippen molar-refractivity contribution in [2.45, 2.75) is 5.75 Å². The van der Waals surface area contributed by atoms with Gasteiger partial charge in [0, 0.05) is 16.7 Å². The van der Waals surface area contributed by atoms with Gasteiger partial charge in [0.05, 0.1) is 10.7 Å². The molecule has 0 spiro atoms. The SMILES string of the molecule is O=C(O)CS(=O)(=O)Cc1ccc(Cl)cc1[N+](=O)[O-]. The Morgan fingerprint density at radius 3 is 2.56 bits per heavy atom. The highest BCUT2D eigenvalue weighted by Gasteiger charge is 2.22. The van der Waals surface area contributed by atoms with Gasteiger partial charge in [0.2, 0.25) is 0 Å². The molecule has 0 aliphatic heterocycles. The number of carboxylic acids is 1. The van der Waals surface area contributed by atoms with E-state index in [1.807, 2.05) is 0 Å². The molecule has 0 aromatic heterocycles. The highest BCUT2D eigenvalue weighted by Crippen LogP contribution is 2.25. The first-order chi connectivity index (χ1) is 8.21. The van der Waals surface area contributed by atoms with Crippen LogP contribution >= 0.6 is 11.6 Å². The second kappa shape index (κ2) is 5.32. The lowest BCUT2D eigenvalue weighted by Gasteiger charge is -2.03. The van der Waals surface area contributed by atoms with Crippen molar-refractivity contribution < 1.29 is 23.2 Å². The van der Waals surface area contributed by atoms with Crippen LogP contribution < -0.4 is 0 Å². The van der Waals surface area contributed by atoms with Crippen molar-refractivity contribution in [3.05, 3.63) is 38.9 Å². The molecule has 1 N–H and O–H groups in total. The van der Waals surface area contributed by atoms with Gasteiger partial charge in [-0.05, 0) is 12.1 Å². The largest absolute Gasteiger partial charge is 0.480 e. The molecule has 18 heavy (non-hydrogen) atoms. The van der Waals surface area contributed by atoms with Crippen molar-refractivity contribution in [2.24, 2.45) is 0 Å². The lowest BCUT2D eigenvalue weighted by atomic mass is 10.2. The van der Waals surface area contributed by atoms with Crippen molar-refractivity contribution in [3.63, 3.8) is 0 Å². The minimum Gasteiger partial charge on any atom is -0.480 e. The molecule has 0 aliphatic rings. The number of carboxylic acid groups (broad SMARTS) is 1. The molecule has 0 fully saturated rings. The first kappa shape index (κ1) is 14.4. The number of nitro groups is 1. The first-order valence-corrected chi connectivity index (χ1v) is 6.76. The molecule has 1 aromatic rings. The molecule has 0 saturated carbocycles. The topological polar surface area (TPSA) is 115 Å². The lowest BCUT2D eigenvalue weighted by molar-refractivity contribution is -0.385. The number of benzene rings is 1. The summed E-state index contributed by atoms with van der Waals surface area (Å²) in [6.45, 7) is 0. The third-order valence-electron chi connectivity index (χ3n) is 1.96. The average Bonchev–Trinajstić information content (AvgIpc) is 2.18. The summed E-state index contributed by atoms with van der Waals surface area (Å²) in [6.07, 6.45) is 0. The zero-order valence-electron chi connectivity index (χ0n) is 8.87. The minimum atomic E-state index is -3.95. The van der Waals surface area contributed by atoms with E-state index in [0.717, 1.165) is 6.07 Å². The third kappa shape index (κ3) is 3.97. The van der Waals surface area contributed by atoms with Gasteiger partial charge < -0.3 is 5.11 Å². The normalized spacial score (nSPS) is 11.2. The molecule has 1 rings (SSSR count). The van der Waals surface area contributed by atoms with Crippen molar-refractivity contribution in [1.82, 2.24) is 0 Å². The molecule has 0 bridgehead atoms. The monoisotopic (exact) mass is 293 g/mol. The van der Waals surface area contributed by atoms with Gasteiger partial charge in [0.25, 0.3) is 5.69 Å². The number of halogens is 1. The van der Waals surface area contributed by atoms with Gasteiger partial charge in [-0.2, -0.15) is 0 Å². The zero-order valence-corrected chi connectivity index (χ0v) is 10.4. The number of rotatable bonds is 5.